The summed E-state index contributed by atoms with van der Waals surface area (Å²) in [6, 6.07) is 0.332. The minimum absolute atomic E-state index is 0. The lowest BCUT2D eigenvalue weighted by atomic mass is 9.96. The molecule has 1 aliphatic carbocycles. The number of carbonyl (C=O) groups is 1. The Hall–Kier alpha value is -0.770. The molecule has 0 aromatic carbocycles. The maximum atomic E-state index is 11.4. The zero-order valence-corrected chi connectivity index (χ0v) is 11.6. The molecule has 2 N–H and O–H groups in total. The Morgan fingerprint density at radius 1 is 1.35 bits per heavy atom. The molecule has 0 bridgehead atoms. The maximum Gasteiger partial charge on any atom is 0.407 e. The van der Waals surface area contributed by atoms with Gasteiger partial charge in [-0.05, 0) is 40.5 Å². The van der Waals surface area contributed by atoms with Crippen LogP contribution in [0, 0.1) is 0 Å². The summed E-state index contributed by atoms with van der Waals surface area (Å²) in [4.78, 5) is 11.4. The van der Waals surface area contributed by atoms with Crippen molar-refractivity contribution in [2.75, 3.05) is 6.61 Å². The second-order valence-corrected chi connectivity index (χ2v) is 5.30. The summed E-state index contributed by atoms with van der Waals surface area (Å²) in [5.41, 5.74) is -0.390. The van der Waals surface area contributed by atoms with Gasteiger partial charge in [0.1, 0.15) is 5.60 Å². The topological polar surface area (TPSA) is 58.6 Å². The van der Waals surface area contributed by atoms with Gasteiger partial charge in [-0.2, -0.15) is 0 Å². The third kappa shape index (κ3) is 10.1. The summed E-state index contributed by atoms with van der Waals surface area (Å²) >= 11 is 0. The summed E-state index contributed by atoms with van der Waals surface area (Å²) < 4.78 is 5.19. The molecule has 0 unspecified atom stereocenters. The van der Waals surface area contributed by atoms with Crippen LogP contribution in [0.4, 0.5) is 4.79 Å². The number of nitrogens with one attached hydrogen (secondary N) is 1. The number of ether oxygens (including phenoxy) is 1. The first kappa shape index (κ1) is 16.2. The van der Waals surface area contributed by atoms with E-state index in [9.17, 15) is 4.79 Å². The van der Waals surface area contributed by atoms with E-state index in [2.05, 4.69) is 5.32 Å². The highest BCUT2D eigenvalue weighted by Gasteiger charge is 2.20. The summed E-state index contributed by atoms with van der Waals surface area (Å²) in [6.07, 6.45) is 5.66. The number of hydrogen-bond acceptors (Lipinski definition) is 3. The van der Waals surface area contributed by atoms with Crippen LogP contribution < -0.4 is 5.32 Å². The van der Waals surface area contributed by atoms with Crippen molar-refractivity contribution < 1.29 is 16.1 Å². The van der Waals surface area contributed by atoms with E-state index < -0.39 is 5.60 Å². The lowest BCUT2D eigenvalue weighted by molar-refractivity contribution is 0.0493. The van der Waals surface area contributed by atoms with Crippen LogP contribution in [0.3, 0.4) is 0 Å². The summed E-state index contributed by atoms with van der Waals surface area (Å²) in [7, 11) is 0. The molecule has 4 heteroatoms. The zero-order valence-electron chi connectivity index (χ0n) is 11.6. The first-order valence-corrected chi connectivity index (χ1v) is 6.49. The van der Waals surface area contributed by atoms with Crippen molar-refractivity contribution in [2.45, 2.75) is 71.4 Å². The van der Waals surface area contributed by atoms with E-state index in [-0.39, 0.29) is 14.1 Å². The number of rotatable bonds is 1. The van der Waals surface area contributed by atoms with E-state index in [1.54, 1.807) is 6.92 Å². The van der Waals surface area contributed by atoms with E-state index in [1.807, 2.05) is 20.8 Å². The SMILES string of the molecule is CC(C)(C)OC(=O)NC1CCCCC1.CCO.[HH]. The minimum atomic E-state index is -0.390. The molecule has 0 atom stereocenters. The Morgan fingerprint density at radius 2 is 1.82 bits per heavy atom. The van der Waals surface area contributed by atoms with Crippen LogP contribution in [0.2, 0.25) is 0 Å². The molecule has 1 rings (SSSR count). The van der Waals surface area contributed by atoms with Crippen molar-refractivity contribution in [1.29, 1.82) is 0 Å². The van der Waals surface area contributed by atoms with E-state index >= 15 is 0 Å². The molecule has 0 heterocycles. The predicted octanol–water partition coefficient (Wildman–Crippen LogP) is 3.09. The predicted molar refractivity (Wildman–Crippen MR) is 71.1 cm³/mol. The molecule has 4 nitrogen and oxygen atoms in total. The number of amides is 1. The summed E-state index contributed by atoms with van der Waals surface area (Å²) in [6.45, 7) is 7.58. The van der Waals surface area contributed by atoms with Crippen LogP contribution in [-0.2, 0) is 4.74 Å². The molecule has 0 saturated heterocycles. The number of carbonyl (C=O) groups excluding carboxylic acids is 1. The molecule has 1 saturated carbocycles. The maximum absolute atomic E-state index is 11.4. The first-order valence-electron chi connectivity index (χ1n) is 6.49. The van der Waals surface area contributed by atoms with Crippen LogP contribution in [-0.4, -0.2) is 29.4 Å². The quantitative estimate of drug-likeness (QED) is 0.748. The largest absolute Gasteiger partial charge is 0.444 e. The molecule has 1 aliphatic rings. The molecule has 104 valence electrons. The second-order valence-electron chi connectivity index (χ2n) is 5.30. The molecule has 0 aliphatic heterocycles. The molecule has 0 radical (unpaired) electrons. The Bertz CT molecular complexity index is 211. The van der Waals surface area contributed by atoms with Gasteiger partial charge in [0.05, 0.1) is 0 Å². The summed E-state index contributed by atoms with van der Waals surface area (Å²) in [5, 5.41) is 10.5. The number of aliphatic hydroxyl groups excluding tert-OH is 1. The highest BCUT2D eigenvalue weighted by atomic mass is 16.6. The Balaban J connectivity index is 0. The standard InChI is InChI=1S/C11H21NO2.C2H6O.H2/c1-11(2,3)14-10(13)12-9-7-5-4-6-8-9;1-2-3;/h9H,4-8H2,1-3H3,(H,12,13);3H,2H2,1H3;1H. The van der Waals surface area contributed by atoms with Crippen molar-refractivity contribution in [1.82, 2.24) is 5.32 Å². The van der Waals surface area contributed by atoms with E-state index in [4.69, 9.17) is 9.84 Å². The minimum Gasteiger partial charge on any atom is -0.444 e. The molecule has 1 amide bonds. The molecule has 17 heavy (non-hydrogen) atoms. The Labute approximate surface area is 106 Å². The fourth-order valence-corrected chi connectivity index (χ4v) is 1.72. The van der Waals surface area contributed by atoms with Gasteiger partial charge < -0.3 is 15.2 Å². The van der Waals surface area contributed by atoms with Crippen molar-refractivity contribution >= 4 is 6.09 Å². The number of aliphatic hydroxyl groups is 1. The highest BCUT2D eigenvalue weighted by molar-refractivity contribution is 5.68. The zero-order chi connectivity index (χ0) is 13.3. The average molecular weight is 247 g/mol. The van der Waals surface area contributed by atoms with Crippen LogP contribution >= 0.6 is 0 Å². The lowest BCUT2D eigenvalue weighted by Gasteiger charge is -2.25. The smallest absolute Gasteiger partial charge is 0.407 e. The third-order valence-corrected chi connectivity index (χ3v) is 2.33. The molecule has 1 fully saturated rings. The number of hydrogen-bond donors (Lipinski definition) is 2. The molecule has 0 aromatic heterocycles. The van der Waals surface area contributed by atoms with Crippen molar-refractivity contribution in [3.8, 4) is 0 Å². The van der Waals surface area contributed by atoms with Gasteiger partial charge in [0.15, 0.2) is 0 Å². The molecular formula is C13H29NO3. The van der Waals surface area contributed by atoms with Gasteiger partial charge in [-0.25, -0.2) is 4.79 Å². The normalized spacial score (nSPS) is 16.8. The van der Waals surface area contributed by atoms with E-state index in [0.29, 0.717) is 6.04 Å². The van der Waals surface area contributed by atoms with Crippen LogP contribution in [0.15, 0.2) is 0 Å². The number of alkyl carbamates (subject to hydrolysis) is 1. The van der Waals surface area contributed by atoms with Gasteiger partial charge in [-0.1, -0.05) is 19.3 Å². The second kappa shape index (κ2) is 8.34. The Morgan fingerprint density at radius 3 is 2.24 bits per heavy atom. The third-order valence-electron chi connectivity index (χ3n) is 2.33. The van der Waals surface area contributed by atoms with Gasteiger partial charge >= 0.3 is 6.09 Å². The molecule has 0 aromatic rings. The average Bonchev–Trinajstić information content (AvgIpc) is 2.17. The van der Waals surface area contributed by atoms with Gasteiger partial charge in [0, 0.05) is 14.1 Å². The van der Waals surface area contributed by atoms with E-state index in [1.165, 1.54) is 19.3 Å². The van der Waals surface area contributed by atoms with Crippen LogP contribution in [0.25, 0.3) is 0 Å². The highest BCUT2D eigenvalue weighted by Crippen LogP contribution is 2.18. The molecule has 0 spiro atoms. The molecular weight excluding hydrogens is 218 g/mol. The van der Waals surface area contributed by atoms with E-state index in [0.717, 1.165) is 12.8 Å². The fraction of sp³-hybridized carbons (Fsp3) is 0.923. The van der Waals surface area contributed by atoms with Crippen LogP contribution in [0.1, 0.15) is 61.2 Å². The van der Waals surface area contributed by atoms with Gasteiger partial charge in [-0.15, -0.1) is 0 Å². The van der Waals surface area contributed by atoms with Crippen molar-refractivity contribution in [2.24, 2.45) is 0 Å². The van der Waals surface area contributed by atoms with Crippen molar-refractivity contribution in [3.05, 3.63) is 0 Å². The van der Waals surface area contributed by atoms with Crippen molar-refractivity contribution in [3.63, 3.8) is 0 Å². The van der Waals surface area contributed by atoms with Gasteiger partial charge in [-0.3, -0.25) is 0 Å². The van der Waals surface area contributed by atoms with Gasteiger partial charge in [0.2, 0.25) is 0 Å². The van der Waals surface area contributed by atoms with Crippen LogP contribution in [0.5, 0.6) is 0 Å². The van der Waals surface area contributed by atoms with Gasteiger partial charge in [0.25, 0.3) is 0 Å². The monoisotopic (exact) mass is 247 g/mol. The summed E-state index contributed by atoms with van der Waals surface area (Å²) in [5.74, 6) is 0. The Kier molecular flexibility index (Phi) is 7.96. The fourth-order valence-electron chi connectivity index (χ4n) is 1.72. The lowest BCUT2D eigenvalue weighted by Crippen LogP contribution is -2.39. The first-order chi connectivity index (χ1) is 7.89.